The zero-order chi connectivity index (χ0) is 21.2. The number of nitrogens with one attached hydrogen (secondary N) is 1. The second kappa shape index (κ2) is 8.18. The average molecular weight is 431 g/mol. The molecule has 2 aromatic heterocycles. The molecule has 1 aliphatic rings. The SMILES string of the molecule is N#Cc1cccc(-c2nc(NC(=O)N3CCOCC3)sc2-c2ccc3ncoc3c2)c1. The molecule has 3 heterocycles. The van der Waals surface area contributed by atoms with Gasteiger partial charge in [-0.25, -0.2) is 14.8 Å². The molecule has 0 bridgehead atoms. The molecule has 0 atom stereocenters. The van der Waals surface area contributed by atoms with E-state index in [1.165, 1.54) is 17.7 Å². The zero-order valence-corrected chi connectivity index (χ0v) is 17.2. The van der Waals surface area contributed by atoms with Crippen LogP contribution in [-0.2, 0) is 4.74 Å². The van der Waals surface area contributed by atoms with Gasteiger partial charge >= 0.3 is 6.03 Å². The van der Waals surface area contributed by atoms with Gasteiger partial charge in [0, 0.05) is 18.7 Å². The predicted molar refractivity (Wildman–Crippen MR) is 117 cm³/mol. The minimum atomic E-state index is -0.202. The second-order valence-corrected chi connectivity index (χ2v) is 7.95. The Morgan fingerprint density at radius 3 is 2.87 bits per heavy atom. The van der Waals surface area contributed by atoms with Gasteiger partial charge in [0.15, 0.2) is 17.1 Å². The number of oxazole rings is 1. The van der Waals surface area contributed by atoms with Crippen molar-refractivity contribution in [3.8, 4) is 27.8 Å². The van der Waals surface area contributed by atoms with E-state index in [1.54, 1.807) is 17.0 Å². The van der Waals surface area contributed by atoms with E-state index in [4.69, 9.17) is 14.1 Å². The van der Waals surface area contributed by atoms with E-state index < -0.39 is 0 Å². The van der Waals surface area contributed by atoms with Gasteiger partial charge in [0.2, 0.25) is 0 Å². The first-order chi connectivity index (χ1) is 15.2. The van der Waals surface area contributed by atoms with Crippen LogP contribution in [-0.4, -0.2) is 47.2 Å². The fourth-order valence-corrected chi connectivity index (χ4v) is 4.41. The average Bonchev–Trinajstić information content (AvgIpc) is 3.46. The first kappa shape index (κ1) is 19.2. The van der Waals surface area contributed by atoms with Gasteiger partial charge in [-0.3, -0.25) is 5.32 Å². The van der Waals surface area contributed by atoms with Crippen LogP contribution in [0.3, 0.4) is 0 Å². The minimum Gasteiger partial charge on any atom is -0.443 e. The summed E-state index contributed by atoms with van der Waals surface area (Å²) in [5, 5.41) is 12.7. The van der Waals surface area contributed by atoms with Crippen molar-refractivity contribution in [1.82, 2.24) is 14.9 Å². The first-order valence-electron chi connectivity index (χ1n) is 9.70. The number of hydrogen-bond acceptors (Lipinski definition) is 7. The van der Waals surface area contributed by atoms with Crippen LogP contribution in [0, 0.1) is 11.3 Å². The molecule has 4 aromatic rings. The fourth-order valence-electron chi connectivity index (χ4n) is 3.43. The van der Waals surface area contributed by atoms with Gasteiger partial charge in [0.05, 0.1) is 35.4 Å². The van der Waals surface area contributed by atoms with Crippen LogP contribution in [0.5, 0.6) is 0 Å². The number of thiazole rings is 1. The van der Waals surface area contributed by atoms with Crippen LogP contribution in [0.15, 0.2) is 53.3 Å². The number of amides is 2. The maximum atomic E-state index is 12.7. The standard InChI is InChI=1S/C22H17N5O3S/c23-12-14-2-1-3-15(10-14)19-20(16-4-5-17-18(11-16)30-13-24-17)31-21(25-19)26-22(28)27-6-8-29-9-7-27/h1-5,10-11,13H,6-9H2,(H,25,26,28). The molecule has 2 amide bonds. The molecule has 1 fully saturated rings. The van der Waals surface area contributed by atoms with Gasteiger partial charge < -0.3 is 14.1 Å². The molecule has 31 heavy (non-hydrogen) atoms. The number of nitrogens with zero attached hydrogens (tertiary/aromatic N) is 4. The van der Waals surface area contributed by atoms with Gasteiger partial charge in [-0.05, 0) is 29.8 Å². The van der Waals surface area contributed by atoms with Crippen molar-refractivity contribution in [2.45, 2.75) is 0 Å². The van der Waals surface area contributed by atoms with Crippen LogP contribution >= 0.6 is 11.3 Å². The van der Waals surface area contributed by atoms with Gasteiger partial charge in [-0.1, -0.05) is 29.5 Å². The molecular weight excluding hydrogens is 414 g/mol. The Labute approximate surface area is 181 Å². The molecule has 1 aliphatic heterocycles. The molecule has 9 heteroatoms. The number of aromatic nitrogens is 2. The number of benzene rings is 2. The summed E-state index contributed by atoms with van der Waals surface area (Å²) in [6, 6.07) is 15.0. The van der Waals surface area contributed by atoms with E-state index in [0.717, 1.165) is 21.5 Å². The summed E-state index contributed by atoms with van der Waals surface area (Å²) in [5.74, 6) is 0. The van der Waals surface area contributed by atoms with Crippen molar-refractivity contribution in [3.05, 3.63) is 54.4 Å². The highest BCUT2D eigenvalue weighted by molar-refractivity contribution is 7.19. The van der Waals surface area contributed by atoms with E-state index in [9.17, 15) is 10.1 Å². The highest BCUT2D eigenvalue weighted by atomic mass is 32.1. The molecule has 1 saturated heterocycles. The third-order valence-corrected chi connectivity index (χ3v) is 6.02. The number of nitriles is 1. The predicted octanol–water partition coefficient (Wildman–Crippen LogP) is 4.35. The Morgan fingerprint density at radius 2 is 2.03 bits per heavy atom. The van der Waals surface area contributed by atoms with E-state index in [1.807, 2.05) is 30.3 Å². The molecule has 0 saturated carbocycles. The summed E-state index contributed by atoms with van der Waals surface area (Å²) < 4.78 is 10.8. The fraction of sp³-hybridized carbons (Fsp3) is 0.182. The molecule has 1 N–H and O–H groups in total. The number of carbonyl (C=O) groups excluding carboxylic acids is 1. The van der Waals surface area contributed by atoms with Crippen molar-refractivity contribution < 1.29 is 13.9 Å². The number of urea groups is 1. The highest BCUT2D eigenvalue weighted by Gasteiger charge is 2.21. The molecule has 2 aromatic carbocycles. The summed E-state index contributed by atoms with van der Waals surface area (Å²) in [7, 11) is 0. The Hall–Kier alpha value is -3.74. The summed E-state index contributed by atoms with van der Waals surface area (Å²) in [5.41, 5.74) is 4.36. The van der Waals surface area contributed by atoms with E-state index >= 15 is 0 Å². The van der Waals surface area contributed by atoms with Crippen molar-refractivity contribution in [1.29, 1.82) is 5.26 Å². The molecule has 0 aliphatic carbocycles. The molecular formula is C22H17N5O3S. The number of ether oxygens (including phenoxy) is 1. The lowest BCUT2D eigenvalue weighted by atomic mass is 10.0. The Morgan fingerprint density at radius 1 is 1.16 bits per heavy atom. The van der Waals surface area contributed by atoms with Crippen LogP contribution in [0.25, 0.3) is 32.8 Å². The topological polar surface area (TPSA) is 104 Å². The highest BCUT2D eigenvalue weighted by Crippen LogP contribution is 2.40. The Balaban J connectivity index is 1.55. The number of fused-ring (bicyclic) bond motifs is 1. The van der Waals surface area contributed by atoms with Crippen LogP contribution in [0.1, 0.15) is 5.56 Å². The summed E-state index contributed by atoms with van der Waals surface area (Å²) in [4.78, 5) is 24.1. The van der Waals surface area contributed by atoms with E-state index in [-0.39, 0.29) is 6.03 Å². The van der Waals surface area contributed by atoms with Crippen molar-refractivity contribution in [2.24, 2.45) is 0 Å². The van der Waals surface area contributed by atoms with Gasteiger partial charge in [0.25, 0.3) is 0 Å². The Kier molecular flexibility index (Phi) is 5.08. The molecule has 154 valence electrons. The lowest BCUT2D eigenvalue weighted by Crippen LogP contribution is -2.43. The lowest BCUT2D eigenvalue weighted by molar-refractivity contribution is 0.0564. The normalized spacial score (nSPS) is 13.8. The van der Waals surface area contributed by atoms with Gasteiger partial charge in [-0.2, -0.15) is 5.26 Å². The van der Waals surface area contributed by atoms with Crippen LogP contribution in [0.4, 0.5) is 9.93 Å². The summed E-state index contributed by atoms with van der Waals surface area (Å²) in [6.07, 6.45) is 1.41. The number of morpholine rings is 1. The van der Waals surface area contributed by atoms with Crippen molar-refractivity contribution in [3.63, 3.8) is 0 Å². The first-order valence-corrected chi connectivity index (χ1v) is 10.5. The second-order valence-electron chi connectivity index (χ2n) is 6.95. The maximum Gasteiger partial charge on any atom is 0.323 e. The number of carbonyl (C=O) groups is 1. The zero-order valence-electron chi connectivity index (χ0n) is 16.4. The number of anilines is 1. The largest absolute Gasteiger partial charge is 0.443 e. The van der Waals surface area contributed by atoms with Crippen LogP contribution in [0.2, 0.25) is 0 Å². The van der Waals surface area contributed by atoms with E-state index in [2.05, 4.69) is 16.4 Å². The smallest absolute Gasteiger partial charge is 0.323 e. The minimum absolute atomic E-state index is 0.202. The molecule has 0 radical (unpaired) electrons. The molecule has 0 spiro atoms. The maximum absolute atomic E-state index is 12.7. The summed E-state index contributed by atoms with van der Waals surface area (Å²) >= 11 is 1.38. The molecule has 8 nitrogen and oxygen atoms in total. The third-order valence-electron chi connectivity index (χ3n) is 5.00. The van der Waals surface area contributed by atoms with Crippen molar-refractivity contribution >= 4 is 33.6 Å². The van der Waals surface area contributed by atoms with E-state index in [0.29, 0.717) is 48.3 Å². The van der Waals surface area contributed by atoms with Gasteiger partial charge in [-0.15, -0.1) is 0 Å². The van der Waals surface area contributed by atoms with Crippen molar-refractivity contribution in [2.75, 3.05) is 31.6 Å². The monoisotopic (exact) mass is 431 g/mol. The quantitative estimate of drug-likeness (QED) is 0.517. The summed E-state index contributed by atoms with van der Waals surface area (Å²) in [6.45, 7) is 2.15. The Bertz CT molecular complexity index is 1300. The van der Waals surface area contributed by atoms with Gasteiger partial charge in [0.1, 0.15) is 5.52 Å². The number of rotatable bonds is 3. The third kappa shape index (κ3) is 3.86. The molecule has 5 rings (SSSR count). The van der Waals surface area contributed by atoms with Crippen LogP contribution < -0.4 is 5.32 Å². The number of hydrogen-bond donors (Lipinski definition) is 1. The molecule has 0 unspecified atom stereocenters. The lowest BCUT2D eigenvalue weighted by Gasteiger charge is -2.26.